The maximum absolute atomic E-state index is 11.5. The minimum Gasteiger partial charge on any atom is -0.355 e. The Balaban J connectivity index is 2.41. The fraction of sp³-hybridized carbons (Fsp3) is 0.900. The minimum absolute atomic E-state index is 0.0630. The number of nitrogens with two attached hydrogens (primary N) is 1. The first-order valence-corrected chi connectivity index (χ1v) is 5.91. The number of hydrogen-bond donors (Lipinski definition) is 2. The summed E-state index contributed by atoms with van der Waals surface area (Å²) in [6, 6.07) is 0. The highest BCUT2D eigenvalue weighted by Crippen LogP contribution is 2.29. The van der Waals surface area contributed by atoms with Gasteiger partial charge in [0.2, 0.25) is 5.91 Å². The molecule has 0 aliphatic heterocycles. The van der Waals surface area contributed by atoms with Gasteiger partial charge < -0.3 is 15.9 Å². The molecule has 0 aromatic heterocycles. The number of carbonyl (C=O) groups is 1. The quantitative estimate of drug-likeness (QED) is 0.514. The lowest BCUT2D eigenvalue weighted by Crippen LogP contribution is -2.36. The smallest absolute Gasteiger partial charge is 0.294 e. The summed E-state index contributed by atoms with van der Waals surface area (Å²) in [6.07, 6.45) is 3.19. The molecule has 7 nitrogen and oxygen atoms in total. The number of rotatable bonds is 6. The third-order valence-electron chi connectivity index (χ3n) is 2.97. The topological polar surface area (TPSA) is 107 Å². The molecule has 1 fully saturated rings. The van der Waals surface area contributed by atoms with Crippen LogP contribution in [0.2, 0.25) is 0 Å². The largest absolute Gasteiger partial charge is 0.355 e. The summed E-state index contributed by atoms with van der Waals surface area (Å²) in [7, 11) is 0. The van der Waals surface area contributed by atoms with Gasteiger partial charge in [-0.2, -0.15) is 0 Å². The van der Waals surface area contributed by atoms with Crippen molar-refractivity contribution in [1.82, 2.24) is 5.32 Å². The number of carbonyl (C=O) groups excluding carboxylic acids is 1. The first-order chi connectivity index (χ1) is 8.13. The maximum Gasteiger partial charge on any atom is 0.294 e. The van der Waals surface area contributed by atoms with Crippen LogP contribution in [0.5, 0.6) is 0 Å². The van der Waals surface area contributed by atoms with Crippen LogP contribution in [-0.2, 0) is 9.63 Å². The summed E-state index contributed by atoms with van der Waals surface area (Å²) >= 11 is 0. The van der Waals surface area contributed by atoms with Crippen molar-refractivity contribution < 1.29 is 14.7 Å². The molecule has 1 saturated carbocycles. The van der Waals surface area contributed by atoms with E-state index >= 15 is 0 Å². The lowest BCUT2D eigenvalue weighted by atomic mass is 9.84. The zero-order chi connectivity index (χ0) is 12.7. The van der Waals surface area contributed by atoms with Gasteiger partial charge in [0.15, 0.2) is 0 Å². The second kappa shape index (κ2) is 7.05. The molecule has 0 radical (unpaired) electrons. The van der Waals surface area contributed by atoms with Crippen LogP contribution in [0.15, 0.2) is 0 Å². The monoisotopic (exact) mass is 245 g/mol. The summed E-state index contributed by atoms with van der Waals surface area (Å²) in [5.74, 6) is -0.175. The van der Waals surface area contributed by atoms with Crippen molar-refractivity contribution in [2.45, 2.75) is 38.2 Å². The molecule has 7 heteroatoms. The Labute approximate surface area is 99.8 Å². The summed E-state index contributed by atoms with van der Waals surface area (Å²) in [5.41, 5.74) is 5.27. The Morgan fingerprint density at radius 3 is 2.82 bits per heavy atom. The van der Waals surface area contributed by atoms with Crippen LogP contribution in [0.25, 0.3) is 0 Å². The van der Waals surface area contributed by atoms with Gasteiger partial charge in [-0.05, 0) is 18.8 Å². The van der Waals surface area contributed by atoms with E-state index in [2.05, 4.69) is 10.2 Å². The molecular weight excluding hydrogens is 226 g/mol. The lowest BCUT2D eigenvalue weighted by Gasteiger charge is -2.29. The van der Waals surface area contributed by atoms with Crippen LogP contribution in [0.4, 0.5) is 0 Å². The third-order valence-corrected chi connectivity index (χ3v) is 2.97. The molecule has 2 atom stereocenters. The van der Waals surface area contributed by atoms with E-state index in [0.717, 1.165) is 19.3 Å². The van der Waals surface area contributed by atoms with Crippen molar-refractivity contribution in [2.24, 2.45) is 11.7 Å². The fourth-order valence-corrected chi connectivity index (χ4v) is 2.18. The Morgan fingerprint density at radius 2 is 2.18 bits per heavy atom. The zero-order valence-corrected chi connectivity index (χ0v) is 9.76. The molecule has 3 N–H and O–H groups in total. The van der Waals surface area contributed by atoms with Crippen molar-refractivity contribution in [2.75, 3.05) is 13.1 Å². The molecule has 17 heavy (non-hydrogen) atoms. The van der Waals surface area contributed by atoms with E-state index in [-0.39, 0.29) is 18.2 Å². The second-order valence-electron chi connectivity index (χ2n) is 4.25. The average molecular weight is 245 g/mol. The SMILES string of the molecule is NCCNC(=O)C[C@@H]1CCCC[C@H]1O[N+](=O)[O-]. The highest BCUT2D eigenvalue weighted by Gasteiger charge is 2.29. The molecule has 1 aliphatic carbocycles. The molecule has 0 bridgehead atoms. The van der Waals surface area contributed by atoms with Gasteiger partial charge in [-0.3, -0.25) is 4.79 Å². The number of nitrogens with zero attached hydrogens (tertiary/aromatic N) is 1. The Morgan fingerprint density at radius 1 is 1.47 bits per heavy atom. The van der Waals surface area contributed by atoms with Gasteiger partial charge in [-0.1, -0.05) is 12.8 Å². The molecule has 98 valence electrons. The molecule has 1 amide bonds. The van der Waals surface area contributed by atoms with E-state index in [1.54, 1.807) is 0 Å². The van der Waals surface area contributed by atoms with Crippen LogP contribution in [0.1, 0.15) is 32.1 Å². The fourth-order valence-electron chi connectivity index (χ4n) is 2.18. The molecule has 0 saturated heterocycles. The minimum atomic E-state index is -0.763. The van der Waals surface area contributed by atoms with Crippen molar-refractivity contribution in [3.63, 3.8) is 0 Å². The van der Waals surface area contributed by atoms with E-state index in [1.165, 1.54) is 0 Å². The molecule has 0 aromatic carbocycles. The molecule has 0 heterocycles. The molecule has 1 aliphatic rings. The van der Waals surface area contributed by atoms with Crippen molar-refractivity contribution in [3.05, 3.63) is 10.1 Å². The zero-order valence-electron chi connectivity index (χ0n) is 9.76. The van der Waals surface area contributed by atoms with E-state index in [9.17, 15) is 14.9 Å². The van der Waals surface area contributed by atoms with E-state index < -0.39 is 11.2 Å². The highest BCUT2D eigenvalue weighted by molar-refractivity contribution is 5.76. The first-order valence-electron chi connectivity index (χ1n) is 5.91. The Bertz CT molecular complexity index is 272. The van der Waals surface area contributed by atoms with Crippen molar-refractivity contribution in [1.29, 1.82) is 0 Å². The summed E-state index contributed by atoms with van der Waals surface area (Å²) in [5, 5.41) is 12.2. The van der Waals surface area contributed by atoms with Gasteiger partial charge >= 0.3 is 0 Å². The van der Waals surface area contributed by atoms with Crippen molar-refractivity contribution in [3.8, 4) is 0 Å². The average Bonchev–Trinajstić information content (AvgIpc) is 2.28. The second-order valence-corrected chi connectivity index (χ2v) is 4.25. The van der Waals surface area contributed by atoms with Crippen molar-refractivity contribution >= 4 is 5.91 Å². The number of amides is 1. The molecule has 0 unspecified atom stereocenters. The summed E-state index contributed by atoms with van der Waals surface area (Å²) in [4.78, 5) is 26.5. The molecule has 0 aromatic rings. The van der Waals surface area contributed by atoms with Gasteiger partial charge in [-0.25, -0.2) is 0 Å². The predicted octanol–water partition coefficient (Wildman–Crippen LogP) is 0.218. The summed E-state index contributed by atoms with van der Waals surface area (Å²) < 4.78 is 0. The van der Waals surface area contributed by atoms with Crippen LogP contribution in [0.3, 0.4) is 0 Å². The third kappa shape index (κ3) is 4.99. The molecule has 0 spiro atoms. The van der Waals surface area contributed by atoms with E-state index in [4.69, 9.17) is 5.73 Å². The van der Waals surface area contributed by atoms with Gasteiger partial charge in [0.25, 0.3) is 5.09 Å². The standard InChI is InChI=1S/C10H19N3O4/c11-5-6-12-10(14)7-8-3-1-2-4-9(8)17-13(15)16/h8-9H,1-7,11H2,(H,12,14)/t8-,9+/m0/s1. The molecular formula is C10H19N3O4. The van der Waals surface area contributed by atoms with Gasteiger partial charge in [0.1, 0.15) is 6.10 Å². The molecule has 1 rings (SSSR count). The number of nitrogens with one attached hydrogen (secondary N) is 1. The van der Waals surface area contributed by atoms with Gasteiger partial charge in [0.05, 0.1) is 0 Å². The number of hydrogen-bond acceptors (Lipinski definition) is 5. The normalized spacial score (nSPS) is 24.1. The van der Waals surface area contributed by atoms with E-state index in [1.807, 2.05) is 0 Å². The van der Waals surface area contributed by atoms with Crippen LogP contribution < -0.4 is 11.1 Å². The predicted molar refractivity (Wildman–Crippen MR) is 60.5 cm³/mol. The van der Waals surface area contributed by atoms with Crippen LogP contribution in [-0.4, -0.2) is 30.2 Å². The maximum atomic E-state index is 11.5. The summed E-state index contributed by atoms with van der Waals surface area (Å²) in [6.45, 7) is 0.831. The highest BCUT2D eigenvalue weighted by atomic mass is 17.0. The Hall–Kier alpha value is -1.37. The van der Waals surface area contributed by atoms with Gasteiger partial charge in [0, 0.05) is 19.5 Å². The first kappa shape index (κ1) is 13.7. The lowest BCUT2D eigenvalue weighted by molar-refractivity contribution is -0.771. The van der Waals surface area contributed by atoms with Crippen LogP contribution in [0, 0.1) is 16.0 Å². The van der Waals surface area contributed by atoms with Crippen LogP contribution >= 0.6 is 0 Å². The Kier molecular flexibility index (Phi) is 5.68. The van der Waals surface area contributed by atoms with E-state index in [0.29, 0.717) is 19.5 Å². The van der Waals surface area contributed by atoms with Gasteiger partial charge in [-0.15, -0.1) is 10.1 Å².